The van der Waals surface area contributed by atoms with Gasteiger partial charge in [-0.1, -0.05) is 12.1 Å². The Bertz CT molecular complexity index is 1190. The van der Waals surface area contributed by atoms with Gasteiger partial charge in [0.15, 0.2) is 0 Å². The van der Waals surface area contributed by atoms with Crippen molar-refractivity contribution in [2.75, 3.05) is 6.29 Å². The molecule has 0 saturated heterocycles. The molecule has 0 amide bonds. The second-order valence-electron chi connectivity index (χ2n) is 5.51. The molecule has 1 heterocycles. The molecule has 0 saturated carbocycles. The van der Waals surface area contributed by atoms with Gasteiger partial charge in [0.2, 0.25) is 0 Å². The highest BCUT2D eigenvalue weighted by Gasteiger charge is 2.27. The topological polar surface area (TPSA) is 136 Å². The molecule has 0 aliphatic heterocycles. The van der Waals surface area contributed by atoms with E-state index in [2.05, 4.69) is 20.7 Å². The summed E-state index contributed by atoms with van der Waals surface area (Å²) in [6.07, 6.45) is -0.859. The first-order valence-corrected chi connectivity index (χ1v) is 12.4. The van der Waals surface area contributed by atoms with Gasteiger partial charge in [-0.05, 0) is 45.6 Å². The van der Waals surface area contributed by atoms with Crippen molar-refractivity contribution in [1.82, 2.24) is 4.72 Å². The molecular weight excluding hydrogens is 495 g/mol. The summed E-state index contributed by atoms with van der Waals surface area (Å²) in [4.78, 5) is 19.9. The van der Waals surface area contributed by atoms with Gasteiger partial charge >= 0.3 is 7.60 Å². The second-order valence-corrected chi connectivity index (χ2v) is 11.2. The quantitative estimate of drug-likeness (QED) is 0.280. The zero-order chi connectivity index (χ0) is 20.5. The van der Waals surface area contributed by atoms with Crippen molar-refractivity contribution in [2.24, 2.45) is 0 Å². The Kier molecular flexibility index (Phi) is 5.89. The summed E-state index contributed by atoms with van der Waals surface area (Å²) in [7, 11) is -8.42. The summed E-state index contributed by atoms with van der Waals surface area (Å²) in [5.41, 5.74) is -0.211. The van der Waals surface area contributed by atoms with Crippen LogP contribution in [0.25, 0.3) is 10.1 Å². The van der Waals surface area contributed by atoms with E-state index in [-0.39, 0.29) is 15.6 Å². The van der Waals surface area contributed by atoms with Crippen LogP contribution in [0.4, 0.5) is 5.69 Å². The van der Waals surface area contributed by atoms with Gasteiger partial charge < -0.3 is 9.42 Å². The number of nitro benzene ring substituents is 1. The van der Waals surface area contributed by atoms with E-state index >= 15 is 0 Å². The molecule has 2 aromatic carbocycles. The minimum atomic E-state index is -4.38. The summed E-state index contributed by atoms with van der Waals surface area (Å²) in [6, 6.07) is 11.3. The Balaban J connectivity index is 1.72. The van der Waals surface area contributed by atoms with Crippen LogP contribution >= 0.6 is 34.9 Å². The molecule has 148 valence electrons. The number of hydrogen-bond acceptors (Lipinski definition) is 7. The number of hydrogen-bond donors (Lipinski definition) is 2. The third kappa shape index (κ3) is 4.77. The zero-order valence-corrected chi connectivity index (χ0v) is 17.9. The third-order valence-electron chi connectivity index (χ3n) is 3.49. The van der Waals surface area contributed by atoms with Gasteiger partial charge in [0.05, 0.1) is 4.92 Å². The molecule has 28 heavy (non-hydrogen) atoms. The van der Waals surface area contributed by atoms with Crippen molar-refractivity contribution < 1.29 is 27.3 Å². The zero-order valence-electron chi connectivity index (χ0n) is 13.8. The molecule has 1 unspecified atom stereocenters. The number of halogens is 1. The molecule has 3 rings (SSSR count). The number of rotatable bonds is 7. The number of nitrogens with one attached hydrogen (secondary N) is 1. The molecule has 9 nitrogen and oxygen atoms in total. The Morgan fingerprint density at radius 2 is 1.93 bits per heavy atom. The third-order valence-corrected chi connectivity index (χ3v) is 8.74. The number of nitrogens with zero attached hydrogens (tertiary/aromatic N) is 1. The van der Waals surface area contributed by atoms with Gasteiger partial charge in [-0.2, -0.15) is 4.72 Å². The SMILES string of the molecule is O=[N+]([O-])c1ccc(OP(=O)(O)CNS(=O)(=O)c2cc3cccc(Br)c3s2)cc1. The average molecular weight is 507 g/mol. The predicted molar refractivity (Wildman–Crippen MR) is 108 cm³/mol. The minimum absolute atomic E-state index is 0.00950. The lowest BCUT2D eigenvalue weighted by atomic mass is 10.3. The Morgan fingerprint density at radius 3 is 2.54 bits per heavy atom. The van der Waals surface area contributed by atoms with Gasteiger partial charge in [0.1, 0.15) is 16.2 Å². The molecule has 0 radical (unpaired) electrons. The van der Waals surface area contributed by atoms with Crippen LogP contribution in [0.2, 0.25) is 0 Å². The Labute approximate surface area is 171 Å². The first kappa shape index (κ1) is 20.9. The van der Waals surface area contributed by atoms with E-state index in [1.807, 2.05) is 0 Å². The molecule has 0 spiro atoms. The van der Waals surface area contributed by atoms with Crippen LogP contribution in [0.15, 0.2) is 57.2 Å². The highest BCUT2D eigenvalue weighted by molar-refractivity contribution is 9.10. The molecule has 2 N–H and O–H groups in total. The van der Waals surface area contributed by atoms with Crippen molar-refractivity contribution >= 4 is 60.7 Å². The van der Waals surface area contributed by atoms with Gasteiger partial charge in [0.25, 0.3) is 15.7 Å². The summed E-state index contributed by atoms with van der Waals surface area (Å²) in [5, 5.41) is 11.3. The van der Waals surface area contributed by atoms with Crippen LogP contribution in [0, 0.1) is 10.1 Å². The lowest BCUT2D eigenvalue weighted by molar-refractivity contribution is -0.384. The van der Waals surface area contributed by atoms with Crippen molar-refractivity contribution in [3.05, 3.63) is 63.1 Å². The number of non-ortho nitro benzene ring substituents is 1. The molecule has 1 aromatic heterocycles. The van der Waals surface area contributed by atoms with Crippen molar-refractivity contribution in [2.45, 2.75) is 4.21 Å². The van der Waals surface area contributed by atoms with Crippen LogP contribution in [0.5, 0.6) is 5.75 Å². The van der Waals surface area contributed by atoms with Crippen LogP contribution in [0.1, 0.15) is 0 Å². The predicted octanol–water partition coefficient (Wildman–Crippen LogP) is 4.07. The number of fused-ring (bicyclic) bond motifs is 1. The molecular formula is C15H12BrN2O7PS2. The fraction of sp³-hybridized carbons (Fsp3) is 0.0667. The maximum atomic E-state index is 12.5. The molecule has 1 atom stereocenters. The molecule has 0 fully saturated rings. The van der Waals surface area contributed by atoms with Gasteiger partial charge in [-0.15, -0.1) is 11.3 Å². The van der Waals surface area contributed by atoms with Gasteiger partial charge in [-0.25, -0.2) is 13.0 Å². The molecule has 3 aromatic rings. The highest BCUT2D eigenvalue weighted by Crippen LogP contribution is 2.42. The maximum absolute atomic E-state index is 12.5. The molecule has 0 bridgehead atoms. The van der Waals surface area contributed by atoms with Crippen LogP contribution < -0.4 is 9.25 Å². The number of thiophene rings is 1. The maximum Gasteiger partial charge on any atom is 0.391 e. The number of nitro groups is 1. The van der Waals surface area contributed by atoms with Crippen LogP contribution in [-0.2, 0) is 14.6 Å². The monoisotopic (exact) mass is 506 g/mol. The lowest BCUT2D eigenvalue weighted by Gasteiger charge is -2.13. The Morgan fingerprint density at radius 1 is 1.25 bits per heavy atom. The van der Waals surface area contributed by atoms with Crippen molar-refractivity contribution in [3.8, 4) is 5.75 Å². The summed E-state index contributed by atoms with van der Waals surface area (Å²) >= 11 is 4.36. The van der Waals surface area contributed by atoms with E-state index in [9.17, 15) is 28.0 Å². The standard InChI is InChI=1S/C15H12BrN2O7PS2/c16-13-3-1-2-10-8-14(27-15(10)13)28(23,24)17-9-26(21,22)25-12-6-4-11(5-7-12)18(19)20/h1-8,17H,9H2,(H,21,22). The first-order valence-electron chi connectivity index (χ1n) is 7.51. The largest absolute Gasteiger partial charge is 0.424 e. The van der Waals surface area contributed by atoms with E-state index in [0.29, 0.717) is 5.39 Å². The summed E-state index contributed by atoms with van der Waals surface area (Å²) < 4.78 is 45.5. The summed E-state index contributed by atoms with van der Waals surface area (Å²) in [6.45, 7) is 0. The van der Waals surface area contributed by atoms with Crippen molar-refractivity contribution in [1.29, 1.82) is 0 Å². The lowest BCUT2D eigenvalue weighted by Crippen LogP contribution is -2.25. The van der Waals surface area contributed by atoms with Crippen LogP contribution in [-0.4, -0.2) is 24.5 Å². The van der Waals surface area contributed by atoms with Gasteiger partial charge in [-0.3, -0.25) is 10.1 Å². The molecule has 0 aliphatic carbocycles. The molecule has 13 heteroatoms. The first-order chi connectivity index (χ1) is 13.1. The average Bonchev–Trinajstić information content (AvgIpc) is 3.07. The van der Waals surface area contributed by atoms with Crippen molar-refractivity contribution in [3.63, 3.8) is 0 Å². The molecule has 0 aliphatic rings. The Hall–Kier alpha value is -1.82. The van der Waals surface area contributed by atoms with Crippen LogP contribution in [0.3, 0.4) is 0 Å². The smallest absolute Gasteiger partial charge is 0.391 e. The van der Waals surface area contributed by atoms with E-state index in [1.54, 1.807) is 18.2 Å². The second kappa shape index (κ2) is 7.90. The van der Waals surface area contributed by atoms with Gasteiger partial charge in [0, 0.05) is 21.3 Å². The fourth-order valence-electron chi connectivity index (χ4n) is 2.20. The highest BCUT2D eigenvalue weighted by atomic mass is 79.9. The summed E-state index contributed by atoms with van der Waals surface area (Å²) in [5.74, 6) is -0.0959. The van der Waals surface area contributed by atoms with E-state index in [1.165, 1.54) is 6.07 Å². The normalized spacial score (nSPS) is 13.9. The fourth-order valence-corrected chi connectivity index (χ4v) is 6.76. The van der Waals surface area contributed by atoms with E-state index < -0.39 is 28.8 Å². The number of benzene rings is 2. The van der Waals surface area contributed by atoms with E-state index in [4.69, 9.17) is 4.52 Å². The number of sulfonamides is 1. The minimum Gasteiger partial charge on any atom is -0.424 e. The van der Waals surface area contributed by atoms with E-state index in [0.717, 1.165) is 44.8 Å².